The van der Waals surface area contributed by atoms with Gasteiger partial charge in [0.15, 0.2) is 0 Å². The second-order valence-corrected chi connectivity index (χ2v) is 5.57. The lowest BCUT2D eigenvalue weighted by atomic mass is 10.1. The quantitative estimate of drug-likeness (QED) is 0.379. The van der Waals surface area contributed by atoms with Crippen LogP contribution in [0.3, 0.4) is 0 Å². The van der Waals surface area contributed by atoms with Gasteiger partial charge < -0.3 is 20.6 Å². The lowest BCUT2D eigenvalue weighted by molar-refractivity contribution is -0.126. The van der Waals surface area contributed by atoms with Gasteiger partial charge >= 0.3 is 0 Å². The summed E-state index contributed by atoms with van der Waals surface area (Å²) in [6.07, 6.45) is 1.98. The van der Waals surface area contributed by atoms with E-state index in [0.717, 1.165) is 0 Å². The monoisotopic (exact) mass is 367 g/mol. The third-order valence-corrected chi connectivity index (χ3v) is 3.55. The molecule has 0 radical (unpaired) electrons. The van der Waals surface area contributed by atoms with Crippen LogP contribution in [-0.2, 0) is 9.63 Å². The Labute approximate surface area is 157 Å². The first kappa shape index (κ1) is 19.7. The molecule has 2 aromatic rings. The highest BCUT2D eigenvalue weighted by atomic mass is 16.6. The van der Waals surface area contributed by atoms with Crippen LogP contribution in [-0.4, -0.2) is 35.8 Å². The summed E-state index contributed by atoms with van der Waals surface area (Å²) >= 11 is 0. The average Bonchev–Trinajstić information content (AvgIpc) is 2.67. The predicted molar refractivity (Wildman–Crippen MR) is 104 cm³/mol. The zero-order chi connectivity index (χ0) is 19.6. The highest BCUT2D eigenvalue weighted by Gasteiger charge is 2.18. The fourth-order valence-electron chi connectivity index (χ4n) is 2.11. The Bertz CT molecular complexity index is 849. The SMILES string of the molecule is C=CCNC(=O)c1ccccc1NC(=O)[C@@H](C)ON=Cc1ccccc1O. The standard InChI is InChI=1S/C20H21N3O4/c1-3-12-21-20(26)16-9-5-6-10-17(16)23-19(25)14(2)27-22-13-15-8-4-7-11-18(15)24/h3-11,13-14,24H,1,12H2,2H3,(H,21,26)(H,23,25)/t14-/m1/s1. The highest BCUT2D eigenvalue weighted by Crippen LogP contribution is 2.16. The Balaban J connectivity index is 1.99. The molecule has 0 aliphatic heterocycles. The van der Waals surface area contributed by atoms with Gasteiger partial charge in [-0.15, -0.1) is 6.58 Å². The van der Waals surface area contributed by atoms with Gasteiger partial charge in [-0.1, -0.05) is 35.5 Å². The number of oxime groups is 1. The van der Waals surface area contributed by atoms with Gasteiger partial charge in [-0.2, -0.15) is 0 Å². The maximum Gasteiger partial charge on any atom is 0.268 e. The molecule has 0 saturated carbocycles. The molecule has 0 aliphatic carbocycles. The molecule has 0 spiro atoms. The molecule has 2 amide bonds. The van der Waals surface area contributed by atoms with E-state index in [1.165, 1.54) is 19.2 Å². The van der Waals surface area contributed by atoms with Gasteiger partial charge in [-0.3, -0.25) is 9.59 Å². The molecule has 7 nitrogen and oxygen atoms in total. The van der Waals surface area contributed by atoms with Crippen molar-refractivity contribution in [2.24, 2.45) is 5.16 Å². The number of rotatable bonds is 8. The molecular formula is C20H21N3O4. The van der Waals surface area contributed by atoms with Gasteiger partial charge in [0.2, 0.25) is 6.10 Å². The Hall–Kier alpha value is -3.61. The molecular weight excluding hydrogens is 346 g/mol. The van der Waals surface area contributed by atoms with Crippen LogP contribution in [0.15, 0.2) is 66.3 Å². The van der Waals surface area contributed by atoms with Crippen molar-refractivity contribution in [2.45, 2.75) is 13.0 Å². The molecule has 140 valence electrons. The van der Waals surface area contributed by atoms with Gasteiger partial charge in [0.05, 0.1) is 17.5 Å². The molecule has 3 N–H and O–H groups in total. The predicted octanol–water partition coefficient (Wildman–Crippen LogP) is 2.69. The molecule has 7 heteroatoms. The molecule has 0 unspecified atom stereocenters. The van der Waals surface area contributed by atoms with Crippen molar-refractivity contribution in [1.82, 2.24) is 5.32 Å². The third-order valence-electron chi connectivity index (χ3n) is 3.55. The second-order valence-electron chi connectivity index (χ2n) is 5.57. The number of hydrogen-bond donors (Lipinski definition) is 3. The van der Waals surface area contributed by atoms with Gasteiger partial charge in [0.25, 0.3) is 11.8 Å². The second kappa shape index (κ2) is 9.76. The van der Waals surface area contributed by atoms with Crippen LogP contribution in [0.4, 0.5) is 5.69 Å². The number of para-hydroxylation sites is 2. The fraction of sp³-hybridized carbons (Fsp3) is 0.150. The fourth-order valence-corrected chi connectivity index (χ4v) is 2.11. The molecule has 0 bridgehead atoms. The van der Waals surface area contributed by atoms with Crippen LogP contribution in [0, 0.1) is 0 Å². The van der Waals surface area contributed by atoms with E-state index in [1.54, 1.807) is 48.5 Å². The number of amides is 2. The summed E-state index contributed by atoms with van der Waals surface area (Å²) in [7, 11) is 0. The minimum atomic E-state index is -0.906. The largest absolute Gasteiger partial charge is 0.507 e. The molecule has 0 fully saturated rings. The van der Waals surface area contributed by atoms with Crippen molar-refractivity contribution in [2.75, 3.05) is 11.9 Å². The van der Waals surface area contributed by atoms with Crippen molar-refractivity contribution < 1.29 is 19.5 Å². The number of nitrogens with zero attached hydrogens (tertiary/aromatic N) is 1. The number of benzene rings is 2. The van der Waals surface area contributed by atoms with E-state index in [9.17, 15) is 14.7 Å². The van der Waals surface area contributed by atoms with Crippen molar-refractivity contribution in [1.29, 1.82) is 0 Å². The summed E-state index contributed by atoms with van der Waals surface area (Å²) < 4.78 is 0. The first-order chi connectivity index (χ1) is 13.0. The van der Waals surface area contributed by atoms with Crippen LogP contribution in [0.1, 0.15) is 22.8 Å². The summed E-state index contributed by atoms with van der Waals surface area (Å²) in [4.78, 5) is 29.6. The molecule has 0 aliphatic rings. The van der Waals surface area contributed by atoms with E-state index in [4.69, 9.17) is 4.84 Å². The maximum absolute atomic E-state index is 12.3. The highest BCUT2D eigenvalue weighted by molar-refractivity contribution is 6.04. The number of carbonyl (C=O) groups is 2. The summed E-state index contributed by atoms with van der Waals surface area (Å²) in [5.74, 6) is -0.730. The molecule has 0 heterocycles. The number of anilines is 1. The van der Waals surface area contributed by atoms with Crippen molar-refractivity contribution in [3.63, 3.8) is 0 Å². The zero-order valence-electron chi connectivity index (χ0n) is 14.9. The van der Waals surface area contributed by atoms with Gasteiger partial charge in [-0.25, -0.2) is 0 Å². The van der Waals surface area contributed by atoms with Crippen LogP contribution in [0.5, 0.6) is 5.75 Å². The number of phenolic OH excluding ortho intramolecular Hbond substituents is 1. The van der Waals surface area contributed by atoms with E-state index >= 15 is 0 Å². The Morgan fingerprint density at radius 2 is 1.93 bits per heavy atom. The Kier molecular flexibility index (Phi) is 7.13. The van der Waals surface area contributed by atoms with Crippen molar-refractivity contribution >= 4 is 23.7 Å². The number of phenols is 1. The molecule has 0 aromatic heterocycles. The van der Waals surface area contributed by atoms with Gasteiger partial charge in [-0.05, 0) is 31.2 Å². The van der Waals surface area contributed by atoms with Crippen LogP contribution in [0.25, 0.3) is 0 Å². The lowest BCUT2D eigenvalue weighted by Crippen LogP contribution is -2.29. The normalized spacial score (nSPS) is 11.6. The molecule has 1 atom stereocenters. The summed E-state index contributed by atoms with van der Waals surface area (Å²) in [5.41, 5.74) is 1.16. The Morgan fingerprint density at radius 3 is 2.67 bits per heavy atom. The van der Waals surface area contributed by atoms with Crippen LogP contribution >= 0.6 is 0 Å². The first-order valence-electron chi connectivity index (χ1n) is 8.29. The molecule has 2 aromatic carbocycles. The minimum absolute atomic E-state index is 0.0569. The number of aromatic hydroxyl groups is 1. The minimum Gasteiger partial charge on any atom is -0.507 e. The number of carbonyl (C=O) groups excluding carboxylic acids is 2. The maximum atomic E-state index is 12.3. The average molecular weight is 367 g/mol. The van der Waals surface area contributed by atoms with E-state index in [0.29, 0.717) is 23.4 Å². The van der Waals surface area contributed by atoms with E-state index in [1.807, 2.05) is 0 Å². The van der Waals surface area contributed by atoms with Crippen LogP contribution < -0.4 is 10.6 Å². The molecule has 2 rings (SSSR count). The van der Waals surface area contributed by atoms with Crippen molar-refractivity contribution in [3.8, 4) is 5.75 Å². The summed E-state index contributed by atoms with van der Waals surface area (Å²) in [6, 6.07) is 13.3. The van der Waals surface area contributed by atoms with E-state index < -0.39 is 12.0 Å². The molecule has 0 saturated heterocycles. The zero-order valence-corrected chi connectivity index (χ0v) is 14.9. The number of hydrogen-bond acceptors (Lipinski definition) is 5. The third kappa shape index (κ3) is 5.71. The first-order valence-corrected chi connectivity index (χ1v) is 8.29. The van der Waals surface area contributed by atoms with Crippen molar-refractivity contribution in [3.05, 3.63) is 72.3 Å². The Morgan fingerprint density at radius 1 is 1.22 bits per heavy atom. The lowest BCUT2D eigenvalue weighted by Gasteiger charge is -2.13. The van der Waals surface area contributed by atoms with E-state index in [2.05, 4.69) is 22.4 Å². The topological polar surface area (TPSA) is 100 Å². The smallest absolute Gasteiger partial charge is 0.268 e. The van der Waals surface area contributed by atoms with Gasteiger partial charge in [0.1, 0.15) is 5.75 Å². The van der Waals surface area contributed by atoms with Gasteiger partial charge in [0, 0.05) is 12.1 Å². The number of nitrogens with one attached hydrogen (secondary N) is 2. The van der Waals surface area contributed by atoms with E-state index in [-0.39, 0.29) is 11.7 Å². The molecule has 27 heavy (non-hydrogen) atoms. The van der Waals surface area contributed by atoms with Crippen LogP contribution in [0.2, 0.25) is 0 Å². The summed E-state index contributed by atoms with van der Waals surface area (Å²) in [6.45, 7) is 5.39. The summed E-state index contributed by atoms with van der Waals surface area (Å²) in [5, 5.41) is 18.7.